The Morgan fingerprint density at radius 1 is 1.28 bits per heavy atom. The van der Waals surface area contributed by atoms with Crippen molar-refractivity contribution in [2.45, 2.75) is 45.7 Å². The van der Waals surface area contributed by atoms with Gasteiger partial charge < -0.3 is 14.7 Å². The predicted molar refractivity (Wildman–Crippen MR) is 105 cm³/mol. The molecule has 1 aromatic heterocycles. The number of aryl methyl sites for hydroxylation is 2. The van der Waals surface area contributed by atoms with Gasteiger partial charge in [-0.25, -0.2) is 9.80 Å². The van der Waals surface area contributed by atoms with Crippen molar-refractivity contribution in [1.82, 2.24) is 25.4 Å². The highest BCUT2D eigenvalue weighted by Gasteiger charge is 2.39. The summed E-state index contributed by atoms with van der Waals surface area (Å²) in [5.74, 6) is 0.949. The molecule has 0 saturated carbocycles. The third kappa shape index (κ3) is 3.85. The van der Waals surface area contributed by atoms with E-state index >= 15 is 0 Å². The van der Waals surface area contributed by atoms with Crippen LogP contribution in [0.1, 0.15) is 48.6 Å². The quantitative estimate of drug-likeness (QED) is 0.853. The number of hydrazone groups is 1. The smallest absolute Gasteiger partial charge is 0.337 e. The molecule has 1 fully saturated rings. The van der Waals surface area contributed by atoms with E-state index in [1.807, 2.05) is 36.1 Å². The van der Waals surface area contributed by atoms with Crippen molar-refractivity contribution >= 4 is 17.6 Å². The summed E-state index contributed by atoms with van der Waals surface area (Å²) in [4.78, 5) is 31.2. The Kier molecular flexibility index (Phi) is 5.04. The Bertz CT molecular complexity index is 951. The van der Waals surface area contributed by atoms with Crippen molar-refractivity contribution in [3.05, 3.63) is 47.1 Å². The average molecular weight is 396 g/mol. The minimum absolute atomic E-state index is 0.103. The number of benzene rings is 1. The first-order chi connectivity index (χ1) is 13.9. The molecular weight excluding hydrogens is 372 g/mol. The highest BCUT2D eigenvalue weighted by molar-refractivity contribution is 6.08. The third-order valence-electron chi connectivity index (χ3n) is 5.21. The van der Waals surface area contributed by atoms with Gasteiger partial charge in [-0.1, -0.05) is 35.0 Å². The fourth-order valence-corrected chi connectivity index (χ4v) is 3.65. The summed E-state index contributed by atoms with van der Waals surface area (Å²) in [6, 6.07) is 6.90. The summed E-state index contributed by atoms with van der Waals surface area (Å²) in [6.45, 7) is 6.50. The number of amides is 3. The summed E-state index contributed by atoms with van der Waals surface area (Å²) in [5.41, 5.74) is 2.78. The maximum atomic E-state index is 12.8. The van der Waals surface area contributed by atoms with Gasteiger partial charge in [0.1, 0.15) is 6.04 Å². The van der Waals surface area contributed by atoms with Gasteiger partial charge in [-0.15, -0.1) is 0 Å². The van der Waals surface area contributed by atoms with Gasteiger partial charge >= 0.3 is 6.03 Å². The van der Waals surface area contributed by atoms with Gasteiger partial charge in [0.25, 0.3) is 0 Å². The molecule has 29 heavy (non-hydrogen) atoms. The Balaban J connectivity index is 1.56. The molecule has 2 aliphatic heterocycles. The van der Waals surface area contributed by atoms with Gasteiger partial charge in [-0.05, 0) is 32.8 Å². The lowest BCUT2D eigenvalue weighted by Gasteiger charge is -2.25. The second kappa shape index (κ2) is 7.65. The van der Waals surface area contributed by atoms with Gasteiger partial charge in [-0.2, -0.15) is 10.1 Å². The SMILES string of the molecule is Cc1ccc(C2=NN(C(=O)N[C@H](C)c3nc(C)no3)C[C@@H]2N2CCCC2=O)cc1. The maximum absolute atomic E-state index is 12.8. The summed E-state index contributed by atoms with van der Waals surface area (Å²) in [7, 11) is 0. The molecule has 3 heterocycles. The number of nitrogens with zero attached hydrogens (tertiary/aromatic N) is 5. The largest absolute Gasteiger partial charge is 0.338 e. The number of nitrogens with one attached hydrogen (secondary N) is 1. The minimum Gasteiger partial charge on any atom is -0.337 e. The molecule has 1 N–H and O–H groups in total. The monoisotopic (exact) mass is 396 g/mol. The van der Waals surface area contributed by atoms with E-state index in [2.05, 4.69) is 20.6 Å². The first kappa shape index (κ1) is 19.1. The van der Waals surface area contributed by atoms with Crippen molar-refractivity contribution in [1.29, 1.82) is 0 Å². The zero-order chi connectivity index (χ0) is 20.5. The van der Waals surface area contributed by atoms with E-state index in [-0.39, 0.29) is 18.0 Å². The lowest BCUT2D eigenvalue weighted by atomic mass is 10.0. The Hall–Kier alpha value is -3.23. The molecule has 2 aliphatic rings. The van der Waals surface area contributed by atoms with Crippen molar-refractivity contribution in [2.75, 3.05) is 13.1 Å². The van der Waals surface area contributed by atoms with Crippen molar-refractivity contribution < 1.29 is 14.1 Å². The number of carbonyl (C=O) groups is 2. The summed E-state index contributed by atoms with van der Waals surface area (Å²) >= 11 is 0. The Morgan fingerprint density at radius 3 is 2.66 bits per heavy atom. The second-order valence-electron chi connectivity index (χ2n) is 7.49. The molecule has 2 aromatic rings. The summed E-state index contributed by atoms with van der Waals surface area (Å²) in [5, 5.41) is 12.5. The van der Waals surface area contributed by atoms with Crippen LogP contribution in [-0.4, -0.2) is 56.8 Å². The van der Waals surface area contributed by atoms with Gasteiger partial charge in [0.05, 0.1) is 18.3 Å². The first-order valence-electron chi connectivity index (χ1n) is 9.75. The fraction of sp³-hybridized carbons (Fsp3) is 0.450. The number of carbonyl (C=O) groups excluding carboxylic acids is 2. The molecule has 2 atom stereocenters. The zero-order valence-electron chi connectivity index (χ0n) is 16.8. The molecule has 0 bridgehead atoms. The molecule has 0 radical (unpaired) electrons. The van der Waals surface area contributed by atoms with Crippen molar-refractivity contribution in [3.63, 3.8) is 0 Å². The van der Waals surface area contributed by atoms with Crippen molar-refractivity contribution in [3.8, 4) is 0 Å². The molecule has 4 rings (SSSR count). The molecule has 9 heteroatoms. The van der Waals surface area contributed by atoms with Gasteiger partial charge in [-0.3, -0.25) is 4.79 Å². The second-order valence-corrected chi connectivity index (χ2v) is 7.49. The standard InChI is InChI=1S/C20H24N6O3/c1-12-6-8-15(9-7-12)18-16(25-10-4-5-17(25)27)11-26(23-18)20(28)21-13(2)19-22-14(3)24-29-19/h6-9,13,16H,4-5,10-11H2,1-3H3,(H,21,28)/t13-,16+/m1/s1. The molecule has 0 unspecified atom stereocenters. The van der Waals surface area contributed by atoms with Crippen molar-refractivity contribution in [2.24, 2.45) is 5.10 Å². The van der Waals surface area contributed by atoms with E-state index in [4.69, 9.17) is 4.52 Å². The normalized spacial score (nSPS) is 20.2. The first-order valence-corrected chi connectivity index (χ1v) is 9.75. The zero-order valence-corrected chi connectivity index (χ0v) is 16.8. The number of urea groups is 1. The molecule has 1 aromatic carbocycles. The van der Waals surface area contributed by atoms with Crippen LogP contribution in [0, 0.1) is 13.8 Å². The van der Waals surface area contributed by atoms with E-state index in [1.165, 1.54) is 5.01 Å². The van der Waals surface area contributed by atoms with Crippen LogP contribution in [0.3, 0.4) is 0 Å². The maximum Gasteiger partial charge on any atom is 0.338 e. The lowest BCUT2D eigenvalue weighted by Crippen LogP contribution is -2.46. The van der Waals surface area contributed by atoms with Crippen LogP contribution in [-0.2, 0) is 4.79 Å². The highest BCUT2D eigenvalue weighted by Crippen LogP contribution is 2.24. The molecule has 3 amide bonds. The number of hydrogen-bond donors (Lipinski definition) is 1. The Morgan fingerprint density at radius 2 is 2.03 bits per heavy atom. The van der Waals surface area contributed by atoms with E-state index in [9.17, 15) is 9.59 Å². The summed E-state index contributed by atoms with van der Waals surface area (Å²) in [6.07, 6.45) is 1.37. The third-order valence-corrected chi connectivity index (χ3v) is 5.21. The van der Waals surface area contributed by atoms with E-state index in [0.29, 0.717) is 31.2 Å². The minimum atomic E-state index is -0.450. The van der Waals surface area contributed by atoms with Gasteiger partial charge in [0, 0.05) is 13.0 Å². The average Bonchev–Trinajstić information content (AvgIpc) is 3.41. The summed E-state index contributed by atoms with van der Waals surface area (Å²) < 4.78 is 5.12. The Labute approximate surface area is 168 Å². The molecule has 9 nitrogen and oxygen atoms in total. The molecule has 0 spiro atoms. The highest BCUT2D eigenvalue weighted by atomic mass is 16.5. The van der Waals surface area contributed by atoms with Gasteiger partial charge in [0.15, 0.2) is 5.82 Å². The van der Waals surface area contributed by atoms with Crippen LogP contribution < -0.4 is 5.32 Å². The van der Waals surface area contributed by atoms with Crippen LogP contribution in [0.5, 0.6) is 0 Å². The molecule has 1 saturated heterocycles. The van der Waals surface area contributed by atoms with Crippen LogP contribution in [0.4, 0.5) is 4.79 Å². The predicted octanol–water partition coefficient (Wildman–Crippen LogP) is 2.17. The van der Waals surface area contributed by atoms with Crippen LogP contribution >= 0.6 is 0 Å². The van der Waals surface area contributed by atoms with Gasteiger partial charge in [0.2, 0.25) is 11.8 Å². The lowest BCUT2D eigenvalue weighted by molar-refractivity contribution is -0.128. The molecule has 0 aliphatic carbocycles. The van der Waals surface area contributed by atoms with E-state index in [0.717, 1.165) is 23.3 Å². The number of aromatic nitrogens is 2. The molecule has 152 valence electrons. The molecular formula is C20H24N6O3. The fourth-order valence-electron chi connectivity index (χ4n) is 3.65. The van der Waals surface area contributed by atoms with Crippen LogP contribution in [0.15, 0.2) is 33.9 Å². The van der Waals surface area contributed by atoms with Crippen LogP contribution in [0.25, 0.3) is 0 Å². The number of likely N-dealkylation sites (tertiary alicyclic amines) is 1. The van der Waals surface area contributed by atoms with Crippen LogP contribution in [0.2, 0.25) is 0 Å². The van der Waals surface area contributed by atoms with E-state index < -0.39 is 6.04 Å². The number of rotatable bonds is 4. The van der Waals surface area contributed by atoms with E-state index in [1.54, 1.807) is 13.8 Å². The number of hydrogen-bond acceptors (Lipinski definition) is 6. The topological polar surface area (TPSA) is 104 Å².